The Labute approximate surface area is 146 Å². The second-order valence-electron chi connectivity index (χ2n) is 6.64. The van der Waals surface area contributed by atoms with Gasteiger partial charge in [0.15, 0.2) is 5.82 Å². The van der Waals surface area contributed by atoms with Gasteiger partial charge in [-0.25, -0.2) is 12.8 Å². The molecule has 134 valence electrons. The number of halogens is 1. The number of fused-ring (bicyclic) bond motifs is 1. The number of sulfonamides is 1. The largest absolute Gasteiger partial charge is 0.314 e. The third kappa shape index (κ3) is 2.87. The summed E-state index contributed by atoms with van der Waals surface area (Å²) in [6.45, 7) is 1.20. The van der Waals surface area contributed by atoms with E-state index in [1.807, 2.05) is 0 Å². The van der Waals surface area contributed by atoms with Gasteiger partial charge in [0.05, 0.1) is 6.04 Å². The smallest absolute Gasteiger partial charge is 0.246 e. The lowest BCUT2D eigenvalue weighted by Crippen LogP contribution is -2.32. The first-order chi connectivity index (χ1) is 12.1. The average molecular weight is 364 g/mol. The minimum absolute atomic E-state index is 0.266. The van der Waals surface area contributed by atoms with E-state index >= 15 is 0 Å². The van der Waals surface area contributed by atoms with Crippen molar-refractivity contribution >= 4 is 10.0 Å². The van der Waals surface area contributed by atoms with Gasteiger partial charge in [-0.3, -0.25) is 0 Å². The highest BCUT2D eigenvalue weighted by Gasteiger charge is 2.40. The van der Waals surface area contributed by atoms with Crippen molar-refractivity contribution < 1.29 is 12.8 Å². The molecule has 0 N–H and O–H groups in total. The molecule has 1 aromatic heterocycles. The zero-order valence-corrected chi connectivity index (χ0v) is 14.8. The van der Waals surface area contributed by atoms with Gasteiger partial charge in [-0.05, 0) is 37.8 Å². The highest BCUT2D eigenvalue weighted by Crippen LogP contribution is 2.37. The molecule has 2 aliphatic rings. The monoisotopic (exact) mass is 364 g/mol. The molecule has 1 fully saturated rings. The van der Waals surface area contributed by atoms with Gasteiger partial charge in [0, 0.05) is 19.5 Å². The fraction of sp³-hybridized carbons (Fsp3) is 0.529. The highest BCUT2D eigenvalue weighted by molar-refractivity contribution is 7.89. The number of rotatable bonds is 3. The lowest BCUT2D eigenvalue weighted by atomic mass is 10.2. The first-order valence-corrected chi connectivity index (χ1v) is 10.2. The molecule has 0 bridgehead atoms. The molecule has 2 aromatic rings. The molecule has 2 aliphatic heterocycles. The predicted octanol–water partition coefficient (Wildman–Crippen LogP) is 2.67. The number of aryl methyl sites for hydroxylation is 1. The van der Waals surface area contributed by atoms with Crippen LogP contribution in [0.15, 0.2) is 29.2 Å². The summed E-state index contributed by atoms with van der Waals surface area (Å²) in [7, 11) is -3.90. The standard InChI is InChI=1S/C17H21FN4O2S/c18-13-7-3-4-9-15(13)25(23,24)22-12-6-8-14(22)17-20-19-16-10-2-1-5-11-21(16)17/h3-4,7,9,14H,1-2,5-6,8,10-12H2. The summed E-state index contributed by atoms with van der Waals surface area (Å²) >= 11 is 0. The Balaban J connectivity index is 1.72. The molecule has 0 radical (unpaired) electrons. The van der Waals surface area contributed by atoms with Crippen LogP contribution in [0, 0.1) is 5.82 Å². The lowest BCUT2D eigenvalue weighted by molar-refractivity contribution is 0.368. The molecule has 8 heteroatoms. The third-order valence-electron chi connectivity index (χ3n) is 5.06. The number of hydrogen-bond acceptors (Lipinski definition) is 4. The van der Waals surface area contributed by atoms with Crippen LogP contribution >= 0.6 is 0 Å². The Morgan fingerprint density at radius 3 is 2.72 bits per heavy atom. The van der Waals surface area contributed by atoms with E-state index in [0.717, 1.165) is 44.5 Å². The number of benzene rings is 1. The van der Waals surface area contributed by atoms with E-state index in [1.165, 1.54) is 22.5 Å². The number of aromatic nitrogens is 3. The summed E-state index contributed by atoms with van der Waals surface area (Å²) in [5, 5.41) is 8.60. The van der Waals surface area contributed by atoms with Crippen LogP contribution in [0.3, 0.4) is 0 Å². The summed E-state index contributed by atoms with van der Waals surface area (Å²) in [4.78, 5) is -0.266. The molecular formula is C17H21FN4O2S. The molecule has 0 aliphatic carbocycles. The molecule has 0 saturated carbocycles. The van der Waals surface area contributed by atoms with E-state index in [-0.39, 0.29) is 10.9 Å². The fourth-order valence-electron chi connectivity index (χ4n) is 3.82. The van der Waals surface area contributed by atoms with Gasteiger partial charge < -0.3 is 4.57 Å². The van der Waals surface area contributed by atoms with Gasteiger partial charge in [-0.2, -0.15) is 4.31 Å². The zero-order chi connectivity index (χ0) is 17.4. The first-order valence-electron chi connectivity index (χ1n) is 8.77. The Bertz CT molecular complexity index is 881. The van der Waals surface area contributed by atoms with Crippen molar-refractivity contribution in [3.8, 4) is 0 Å². The van der Waals surface area contributed by atoms with Crippen molar-refractivity contribution in [3.05, 3.63) is 41.7 Å². The normalized spacial score (nSPS) is 21.9. The molecular weight excluding hydrogens is 343 g/mol. The maximum absolute atomic E-state index is 14.1. The summed E-state index contributed by atoms with van der Waals surface area (Å²) in [5.41, 5.74) is 0. The van der Waals surface area contributed by atoms with Gasteiger partial charge in [0.25, 0.3) is 0 Å². The molecule has 0 amide bonds. The van der Waals surface area contributed by atoms with Gasteiger partial charge >= 0.3 is 0 Å². The highest BCUT2D eigenvalue weighted by atomic mass is 32.2. The van der Waals surface area contributed by atoms with Crippen LogP contribution in [0.25, 0.3) is 0 Å². The summed E-state index contributed by atoms with van der Waals surface area (Å²) < 4.78 is 43.6. The minimum Gasteiger partial charge on any atom is -0.314 e. The Kier molecular flexibility index (Phi) is 4.33. The van der Waals surface area contributed by atoms with Crippen LogP contribution in [0.5, 0.6) is 0 Å². The Morgan fingerprint density at radius 2 is 1.88 bits per heavy atom. The number of hydrogen-bond donors (Lipinski definition) is 0. The van der Waals surface area contributed by atoms with Crippen LogP contribution in [-0.2, 0) is 23.0 Å². The van der Waals surface area contributed by atoms with Gasteiger partial charge in [0.1, 0.15) is 16.5 Å². The fourth-order valence-corrected chi connectivity index (χ4v) is 5.54. The van der Waals surface area contributed by atoms with Crippen molar-refractivity contribution in [1.29, 1.82) is 0 Å². The molecule has 1 atom stereocenters. The Morgan fingerprint density at radius 1 is 1.04 bits per heavy atom. The average Bonchev–Trinajstić information content (AvgIpc) is 3.16. The third-order valence-corrected chi connectivity index (χ3v) is 7.00. The number of nitrogens with zero attached hydrogens (tertiary/aromatic N) is 4. The van der Waals surface area contributed by atoms with Crippen LogP contribution in [0.4, 0.5) is 4.39 Å². The first kappa shape index (κ1) is 16.7. The van der Waals surface area contributed by atoms with E-state index in [0.29, 0.717) is 18.8 Å². The van der Waals surface area contributed by atoms with E-state index in [4.69, 9.17) is 0 Å². The lowest BCUT2D eigenvalue weighted by Gasteiger charge is -2.24. The van der Waals surface area contributed by atoms with E-state index < -0.39 is 15.8 Å². The molecule has 6 nitrogen and oxygen atoms in total. The predicted molar refractivity (Wildman–Crippen MR) is 89.8 cm³/mol. The van der Waals surface area contributed by atoms with Crippen molar-refractivity contribution in [2.45, 2.75) is 56.0 Å². The van der Waals surface area contributed by atoms with E-state index in [9.17, 15) is 12.8 Å². The molecule has 4 rings (SSSR count). The van der Waals surface area contributed by atoms with Crippen LogP contribution in [-0.4, -0.2) is 34.0 Å². The summed E-state index contributed by atoms with van der Waals surface area (Å²) in [5.74, 6) is 0.921. The van der Waals surface area contributed by atoms with Crippen LogP contribution < -0.4 is 0 Å². The molecule has 3 heterocycles. The molecule has 0 spiro atoms. The van der Waals surface area contributed by atoms with Gasteiger partial charge in [0.2, 0.25) is 10.0 Å². The molecule has 25 heavy (non-hydrogen) atoms. The Hall–Kier alpha value is -1.80. The van der Waals surface area contributed by atoms with Crippen LogP contribution in [0.2, 0.25) is 0 Å². The van der Waals surface area contributed by atoms with Gasteiger partial charge in [-0.1, -0.05) is 18.6 Å². The summed E-state index contributed by atoms with van der Waals surface area (Å²) in [6.07, 6.45) is 5.57. The maximum atomic E-state index is 14.1. The SMILES string of the molecule is O=S(=O)(c1ccccc1F)N1CCCC1c1nnc2n1CCCCC2. The van der Waals surface area contributed by atoms with Gasteiger partial charge in [-0.15, -0.1) is 10.2 Å². The van der Waals surface area contributed by atoms with E-state index in [2.05, 4.69) is 14.8 Å². The second kappa shape index (κ2) is 6.49. The van der Waals surface area contributed by atoms with Crippen molar-refractivity contribution in [2.24, 2.45) is 0 Å². The quantitative estimate of drug-likeness (QED) is 0.840. The molecule has 1 aromatic carbocycles. The van der Waals surface area contributed by atoms with Crippen molar-refractivity contribution in [1.82, 2.24) is 19.1 Å². The van der Waals surface area contributed by atoms with Crippen molar-refractivity contribution in [3.63, 3.8) is 0 Å². The zero-order valence-electron chi connectivity index (χ0n) is 13.9. The topological polar surface area (TPSA) is 68.1 Å². The molecule has 1 saturated heterocycles. The van der Waals surface area contributed by atoms with Crippen molar-refractivity contribution in [2.75, 3.05) is 6.54 Å². The summed E-state index contributed by atoms with van der Waals surface area (Å²) in [6, 6.07) is 5.17. The van der Waals surface area contributed by atoms with Crippen LogP contribution in [0.1, 0.15) is 49.8 Å². The van der Waals surface area contributed by atoms with E-state index in [1.54, 1.807) is 6.07 Å². The maximum Gasteiger partial charge on any atom is 0.246 e. The second-order valence-corrected chi connectivity index (χ2v) is 8.50. The molecule has 1 unspecified atom stereocenters. The minimum atomic E-state index is -3.90.